The van der Waals surface area contributed by atoms with Crippen LogP contribution in [0.2, 0.25) is 15.1 Å². The predicted molar refractivity (Wildman–Crippen MR) is 93.2 cm³/mol. The number of halogens is 3. The predicted octanol–water partition coefficient (Wildman–Crippen LogP) is 5.22. The van der Waals surface area contributed by atoms with Crippen molar-refractivity contribution in [3.63, 3.8) is 0 Å². The van der Waals surface area contributed by atoms with Gasteiger partial charge in [0.25, 0.3) is 0 Å². The summed E-state index contributed by atoms with van der Waals surface area (Å²) in [7, 11) is 0. The van der Waals surface area contributed by atoms with Gasteiger partial charge in [-0.25, -0.2) is 9.97 Å². The largest absolute Gasteiger partial charge is 0.310 e. The lowest BCUT2D eigenvalue weighted by Crippen LogP contribution is -1.97. The molecule has 0 aliphatic carbocycles. The fraction of sp³-hybridized carbons (Fsp3) is 0.0625. The number of aromatic nitrogens is 3. The number of hydrogen-bond donors (Lipinski definition) is 0. The minimum absolute atomic E-state index is 0.170. The molecule has 4 nitrogen and oxygen atoms in total. The van der Waals surface area contributed by atoms with Gasteiger partial charge in [0.15, 0.2) is 5.65 Å². The van der Waals surface area contributed by atoms with Gasteiger partial charge < -0.3 is 4.57 Å². The number of nitrogens with zero attached hydrogens (tertiary/aromatic N) is 4. The maximum absolute atomic E-state index is 9.12. The van der Waals surface area contributed by atoms with E-state index in [2.05, 4.69) is 16.0 Å². The van der Waals surface area contributed by atoms with Gasteiger partial charge in [-0.15, -0.1) is 0 Å². The molecule has 2 aromatic carbocycles. The number of hydrogen-bond acceptors (Lipinski definition) is 3. The number of benzene rings is 2. The zero-order valence-corrected chi connectivity index (χ0v) is 13.8. The molecule has 0 bridgehead atoms. The normalized spacial score (nSPS) is 11.4. The van der Waals surface area contributed by atoms with Crippen LogP contribution in [-0.4, -0.2) is 14.5 Å². The Bertz CT molecular complexity index is 1140. The first-order chi connectivity index (χ1) is 11.1. The highest BCUT2D eigenvalue weighted by molar-refractivity contribution is 6.42. The molecule has 0 saturated heterocycles. The van der Waals surface area contributed by atoms with Crippen LogP contribution in [0.1, 0.15) is 0 Å². The van der Waals surface area contributed by atoms with Crippen LogP contribution in [0.15, 0.2) is 30.3 Å². The fourth-order valence-electron chi connectivity index (χ4n) is 2.69. The SMILES string of the molecule is N#CCn1c2ccc(Cl)cc2c2nc3cc(Cl)c(Cl)cc3nc21. The quantitative estimate of drug-likeness (QED) is 0.467. The van der Waals surface area contributed by atoms with Crippen molar-refractivity contribution in [2.75, 3.05) is 0 Å². The highest BCUT2D eigenvalue weighted by atomic mass is 35.5. The molecule has 4 aromatic rings. The van der Waals surface area contributed by atoms with E-state index in [9.17, 15) is 0 Å². The lowest BCUT2D eigenvalue weighted by Gasteiger charge is -2.03. The summed E-state index contributed by atoms with van der Waals surface area (Å²) in [6.07, 6.45) is 0. The van der Waals surface area contributed by atoms with E-state index in [0.29, 0.717) is 37.3 Å². The monoisotopic (exact) mass is 360 g/mol. The molecule has 4 rings (SSSR count). The Morgan fingerprint density at radius 1 is 1.00 bits per heavy atom. The van der Waals surface area contributed by atoms with Crippen LogP contribution in [0.25, 0.3) is 33.1 Å². The van der Waals surface area contributed by atoms with Gasteiger partial charge in [-0.05, 0) is 30.3 Å². The Hall–Kier alpha value is -2.06. The summed E-state index contributed by atoms with van der Waals surface area (Å²) in [4.78, 5) is 9.29. The van der Waals surface area contributed by atoms with E-state index in [4.69, 9.17) is 40.1 Å². The van der Waals surface area contributed by atoms with Gasteiger partial charge in [-0.3, -0.25) is 0 Å². The molecule has 0 N–H and O–H groups in total. The molecule has 0 aliphatic rings. The van der Waals surface area contributed by atoms with Gasteiger partial charge >= 0.3 is 0 Å². The Morgan fingerprint density at radius 3 is 2.39 bits per heavy atom. The van der Waals surface area contributed by atoms with Gasteiger partial charge in [-0.1, -0.05) is 34.8 Å². The molecular formula is C16H7Cl3N4. The smallest absolute Gasteiger partial charge is 0.161 e. The number of nitriles is 1. The first kappa shape index (κ1) is 14.5. The maximum Gasteiger partial charge on any atom is 0.161 e. The lowest BCUT2D eigenvalue weighted by molar-refractivity contribution is 0.896. The molecule has 112 valence electrons. The Labute approximate surface area is 145 Å². The molecule has 0 unspecified atom stereocenters. The van der Waals surface area contributed by atoms with Gasteiger partial charge in [0.2, 0.25) is 0 Å². The molecule has 0 amide bonds. The van der Waals surface area contributed by atoms with Crippen molar-refractivity contribution < 1.29 is 0 Å². The molecule has 0 radical (unpaired) electrons. The van der Waals surface area contributed by atoms with Crippen LogP contribution in [0.3, 0.4) is 0 Å². The van der Waals surface area contributed by atoms with Crippen LogP contribution in [0.4, 0.5) is 0 Å². The zero-order valence-electron chi connectivity index (χ0n) is 11.5. The van der Waals surface area contributed by atoms with Gasteiger partial charge in [0.1, 0.15) is 12.1 Å². The van der Waals surface area contributed by atoms with E-state index >= 15 is 0 Å². The third-order valence-corrected chi connectivity index (χ3v) is 4.63. The van der Waals surface area contributed by atoms with Gasteiger partial charge in [0, 0.05) is 10.4 Å². The molecule has 2 heterocycles. The summed E-state index contributed by atoms with van der Waals surface area (Å²) in [5, 5.41) is 11.4. The molecule has 0 spiro atoms. The van der Waals surface area contributed by atoms with Crippen molar-refractivity contribution >= 4 is 67.9 Å². The van der Waals surface area contributed by atoms with Crippen molar-refractivity contribution in [2.45, 2.75) is 6.54 Å². The maximum atomic E-state index is 9.12. The summed E-state index contributed by atoms with van der Waals surface area (Å²) in [6.45, 7) is 0.170. The third kappa shape index (κ3) is 2.21. The van der Waals surface area contributed by atoms with Crippen molar-refractivity contribution in [1.29, 1.82) is 5.26 Å². The summed E-state index contributed by atoms with van der Waals surface area (Å²) in [6, 6.07) is 11.0. The number of rotatable bonds is 1. The summed E-state index contributed by atoms with van der Waals surface area (Å²) in [5.41, 5.74) is 3.43. The van der Waals surface area contributed by atoms with Crippen LogP contribution < -0.4 is 0 Å². The van der Waals surface area contributed by atoms with Crippen LogP contribution in [0, 0.1) is 11.3 Å². The molecule has 0 aliphatic heterocycles. The van der Waals surface area contributed by atoms with E-state index in [1.165, 1.54) is 0 Å². The lowest BCUT2D eigenvalue weighted by atomic mass is 10.2. The van der Waals surface area contributed by atoms with Crippen LogP contribution in [0.5, 0.6) is 0 Å². The Balaban J connectivity index is 2.22. The topological polar surface area (TPSA) is 54.5 Å². The van der Waals surface area contributed by atoms with E-state index in [1.54, 1.807) is 18.2 Å². The average molecular weight is 362 g/mol. The van der Waals surface area contributed by atoms with Crippen molar-refractivity contribution in [2.24, 2.45) is 0 Å². The third-order valence-electron chi connectivity index (χ3n) is 3.68. The fourth-order valence-corrected chi connectivity index (χ4v) is 3.18. The molecule has 0 atom stereocenters. The van der Waals surface area contributed by atoms with E-state index in [0.717, 1.165) is 10.9 Å². The summed E-state index contributed by atoms with van der Waals surface area (Å²) < 4.78 is 1.82. The summed E-state index contributed by atoms with van der Waals surface area (Å²) >= 11 is 18.2. The highest BCUT2D eigenvalue weighted by Gasteiger charge is 2.15. The second kappa shape index (κ2) is 5.24. The van der Waals surface area contributed by atoms with Crippen LogP contribution >= 0.6 is 34.8 Å². The zero-order chi connectivity index (χ0) is 16.1. The van der Waals surface area contributed by atoms with E-state index < -0.39 is 0 Å². The minimum Gasteiger partial charge on any atom is -0.310 e. The first-order valence-corrected chi connectivity index (χ1v) is 7.83. The van der Waals surface area contributed by atoms with Crippen molar-refractivity contribution in [3.05, 3.63) is 45.4 Å². The van der Waals surface area contributed by atoms with E-state index in [1.807, 2.05) is 16.7 Å². The van der Waals surface area contributed by atoms with Crippen LogP contribution in [-0.2, 0) is 6.54 Å². The Kier molecular flexibility index (Phi) is 3.31. The molecule has 23 heavy (non-hydrogen) atoms. The average Bonchev–Trinajstić information content (AvgIpc) is 2.80. The van der Waals surface area contributed by atoms with Crippen molar-refractivity contribution in [1.82, 2.24) is 14.5 Å². The molecule has 0 fully saturated rings. The first-order valence-electron chi connectivity index (χ1n) is 6.69. The highest BCUT2D eigenvalue weighted by Crippen LogP contribution is 2.32. The van der Waals surface area contributed by atoms with Gasteiger partial charge in [-0.2, -0.15) is 5.26 Å². The standard InChI is InChI=1S/C16H7Cl3N4/c17-8-1-2-14-9(5-8)15-16(23(14)4-3-20)22-13-7-11(19)10(18)6-12(13)21-15/h1-2,5-7H,4H2. The number of fused-ring (bicyclic) bond motifs is 4. The molecule has 7 heteroatoms. The second-order valence-electron chi connectivity index (χ2n) is 5.06. The second-order valence-corrected chi connectivity index (χ2v) is 6.31. The molecular weight excluding hydrogens is 355 g/mol. The summed E-state index contributed by atoms with van der Waals surface area (Å²) in [5.74, 6) is 0. The Morgan fingerprint density at radius 2 is 1.70 bits per heavy atom. The minimum atomic E-state index is 0.170. The van der Waals surface area contributed by atoms with Gasteiger partial charge in [0.05, 0.1) is 32.7 Å². The molecule has 0 saturated carbocycles. The molecule has 2 aromatic heterocycles. The van der Waals surface area contributed by atoms with Crippen molar-refractivity contribution in [3.8, 4) is 6.07 Å². The van der Waals surface area contributed by atoms with E-state index in [-0.39, 0.29) is 6.54 Å².